The molecule has 0 radical (unpaired) electrons. The van der Waals surface area contributed by atoms with E-state index in [0.717, 1.165) is 45.0 Å². The molecule has 21 heavy (non-hydrogen) atoms. The number of benzene rings is 1. The number of amides is 1. The third kappa shape index (κ3) is 3.43. The second-order valence-electron chi connectivity index (χ2n) is 5.65. The molecule has 1 saturated heterocycles. The monoisotopic (exact) mass is 286 g/mol. The van der Waals surface area contributed by atoms with Crippen molar-refractivity contribution in [3.8, 4) is 0 Å². The van der Waals surface area contributed by atoms with Crippen LogP contribution in [0.25, 0.3) is 0 Å². The highest BCUT2D eigenvalue weighted by Crippen LogP contribution is 2.17. The summed E-state index contributed by atoms with van der Waals surface area (Å²) in [7, 11) is 2.15. The SMILES string of the molecule is CN1CCN(c2ccc(C(=O)NC3=CCNC3)cc2)CC1. The van der Waals surface area contributed by atoms with Crippen LogP contribution in [0.15, 0.2) is 36.0 Å². The topological polar surface area (TPSA) is 47.6 Å². The van der Waals surface area contributed by atoms with Gasteiger partial charge in [0.2, 0.25) is 0 Å². The van der Waals surface area contributed by atoms with Crippen molar-refractivity contribution in [2.75, 3.05) is 51.2 Å². The van der Waals surface area contributed by atoms with Gasteiger partial charge in [-0.3, -0.25) is 4.79 Å². The lowest BCUT2D eigenvalue weighted by Crippen LogP contribution is -2.44. The third-order valence-electron chi connectivity index (χ3n) is 4.08. The van der Waals surface area contributed by atoms with E-state index >= 15 is 0 Å². The van der Waals surface area contributed by atoms with Crippen molar-refractivity contribution in [3.63, 3.8) is 0 Å². The Kier molecular flexibility index (Phi) is 4.22. The fourth-order valence-electron chi connectivity index (χ4n) is 2.68. The predicted molar refractivity (Wildman–Crippen MR) is 84.6 cm³/mol. The summed E-state index contributed by atoms with van der Waals surface area (Å²) in [6.45, 7) is 5.83. The molecule has 0 aromatic heterocycles. The lowest BCUT2D eigenvalue weighted by molar-refractivity contribution is 0.0965. The van der Waals surface area contributed by atoms with E-state index in [4.69, 9.17) is 0 Å². The maximum absolute atomic E-state index is 12.1. The van der Waals surface area contributed by atoms with Gasteiger partial charge in [-0.05, 0) is 37.4 Å². The zero-order chi connectivity index (χ0) is 14.7. The van der Waals surface area contributed by atoms with Crippen molar-refractivity contribution in [2.24, 2.45) is 0 Å². The summed E-state index contributed by atoms with van der Waals surface area (Å²) < 4.78 is 0. The second kappa shape index (κ2) is 6.28. The number of carbonyl (C=O) groups excluding carboxylic acids is 1. The molecule has 2 aliphatic heterocycles. The van der Waals surface area contributed by atoms with E-state index in [2.05, 4.69) is 27.5 Å². The molecule has 2 N–H and O–H groups in total. The molecular formula is C16H22N4O. The Morgan fingerprint density at radius 2 is 1.86 bits per heavy atom. The van der Waals surface area contributed by atoms with Crippen molar-refractivity contribution in [2.45, 2.75) is 0 Å². The molecule has 2 heterocycles. The van der Waals surface area contributed by atoms with Gasteiger partial charge in [0.25, 0.3) is 5.91 Å². The minimum Gasteiger partial charge on any atom is -0.369 e. The molecule has 112 valence electrons. The standard InChI is InChI=1S/C16H22N4O/c1-19-8-10-20(11-9-19)15-4-2-13(3-5-15)16(21)18-14-6-7-17-12-14/h2-6,17H,7-12H2,1H3,(H,18,21). The van der Waals surface area contributed by atoms with Gasteiger partial charge in [0.1, 0.15) is 0 Å². The molecule has 5 heteroatoms. The van der Waals surface area contributed by atoms with Crippen molar-refractivity contribution in [1.29, 1.82) is 0 Å². The lowest BCUT2D eigenvalue weighted by atomic mass is 10.1. The zero-order valence-corrected chi connectivity index (χ0v) is 12.4. The van der Waals surface area contributed by atoms with Crippen LogP contribution in [0.3, 0.4) is 0 Å². The number of nitrogens with zero attached hydrogens (tertiary/aromatic N) is 2. The van der Waals surface area contributed by atoms with Gasteiger partial charge in [-0.15, -0.1) is 0 Å². The summed E-state index contributed by atoms with van der Waals surface area (Å²) in [4.78, 5) is 16.8. The number of rotatable bonds is 3. The number of anilines is 1. The van der Waals surface area contributed by atoms with Crippen LogP contribution in [0, 0.1) is 0 Å². The molecule has 1 fully saturated rings. The van der Waals surface area contributed by atoms with Crippen LogP contribution in [0.4, 0.5) is 5.69 Å². The largest absolute Gasteiger partial charge is 0.369 e. The fraction of sp³-hybridized carbons (Fsp3) is 0.438. The highest BCUT2D eigenvalue weighted by Gasteiger charge is 2.15. The first-order valence-electron chi connectivity index (χ1n) is 7.47. The summed E-state index contributed by atoms with van der Waals surface area (Å²) in [5.74, 6) is -0.0325. The van der Waals surface area contributed by atoms with Gasteiger partial charge in [-0.2, -0.15) is 0 Å². The second-order valence-corrected chi connectivity index (χ2v) is 5.65. The van der Waals surface area contributed by atoms with E-state index in [1.807, 2.05) is 30.3 Å². The minimum absolute atomic E-state index is 0.0325. The maximum atomic E-state index is 12.1. The predicted octanol–water partition coefficient (Wildman–Crippen LogP) is 0.655. The van der Waals surface area contributed by atoms with Crippen molar-refractivity contribution < 1.29 is 4.79 Å². The van der Waals surface area contributed by atoms with Crippen molar-refractivity contribution in [1.82, 2.24) is 15.5 Å². The summed E-state index contributed by atoms with van der Waals surface area (Å²) in [6.07, 6.45) is 2.01. The number of hydrogen-bond donors (Lipinski definition) is 2. The van der Waals surface area contributed by atoms with Crippen molar-refractivity contribution >= 4 is 11.6 Å². The smallest absolute Gasteiger partial charge is 0.255 e. The Labute approximate surface area is 125 Å². The number of likely N-dealkylation sites (N-methyl/N-ethyl adjacent to an activating group) is 1. The Morgan fingerprint density at radius 1 is 1.14 bits per heavy atom. The van der Waals surface area contributed by atoms with E-state index in [1.165, 1.54) is 5.69 Å². The molecule has 0 bridgehead atoms. The van der Waals surface area contributed by atoms with E-state index in [-0.39, 0.29) is 5.91 Å². The first-order chi connectivity index (χ1) is 10.2. The van der Waals surface area contributed by atoms with Gasteiger partial charge >= 0.3 is 0 Å². The van der Waals surface area contributed by atoms with Crippen LogP contribution in [-0.4, -0.2) is 57.1 Å². The molecule has 1 amide bonds. The number of piperazine rings is 1. The average molecular weight is 286 g/mol. The minimum atomic E-state index is -0.0325. The molecule has 0 aliphatic carbocycles. The van der Waals surface area contributed by atoms with E-state index in [9.17, 15) is 4.79 Å². The number of carbonyl (C=O) groups is 1. The molecule has 1 aromatic rings. The molecule has 2 aliphatic rings. The van der Waals surface area contributed by atoms with Crippen LogP contribution in [0.5, 0.6) is 0 Å². The zero-order valence-electron chi connectivity index (χ0n) is 12.4. The van der Waals surface area contributed by atoms with Crippen molar-refractivity contribution in [3.05, 3.63) is 41.6 Å². The average Bonchev–Trinajstić information content (AvgIpc) is 3.01. The molecule has 0 atom stereocenters. The van der Waals surface area contributed by atoms with Gasteiger partial charge in [0.05, 0.1) is 0 Å². The summed E-state index contributed by atoms with van der Waals surface area (Å²) in [6, 6.07) is 7.90. The molecule has 3 rings (SSSR count). The molecule has 0 saturated carbocycles. The summed E-state index contributed by atoms with van der Waals surface area (Å²) >= 11 is 0. The third-order valence-corrected chi connectivity index (χ3v) is 4.08. The van der Waals surface area contributed by atoms with E-state index < -0.39 is 0 Å². The van der Waals surface area contributed by atoms with E-state index in [1.54, 1.807) is 0 Å². The summed E-state index contributed by atoms with van der Waals surface area (Å²) in [5.41, 5.74) is 2.87. The molecule has 5 nitrogen and oxygen atoms in total. The van der Waals surface area contributed by atoms with Gasteiger partial charge < -0.3 is 20.4 Å². The Morgan fingerprint density at radius 3 is 2.48 bits per heavy atom. The Bertz CT molecular complexity index is 530. The van der Waals surface area contributed by atoms with Crippen LogP contribution >= 0.6 is 0 Å². The van der Waals surface area contributed by atoms with Crippen LogP contribution in [0.2, 0.25) is 0 Å². The number of nitrogens with one attached hydrogen (secondary N) is 2. The first kappa shape index (κ1) is 14.1. The maximum Gasteiger partial charge on any atom is 0.255 e. The lowest BCUT2D eigenvalue weighted by Gasteiger charge is -2.34. The Balaban J connectivity index is 1.62. The quantitative estimate of drug-likeness (QED) is 0.857. The molecule has 1 aromatic carbocycles. The van der Waals surface area contributed by atoms with Crippen LogP contribution in [0.1, 0.15) is 10.4 Å². The van der Waals surface area contributed by atoms with E-state index in [0.29, 0.717) is 5.56 Å². The van der Waals surface area contributed by atoms with Gasteiger partial charge in [0, 0.05) is 56.2 Å². The normalized spacial score (nSPS) is 19.5. The van der Waals surface area contributed by atoms with Crippen LogP contribution in [-0.2, 0) is 0 Å². The number of hydrogen-bond acceptors (Lipinski definition) is 4. The highest BCUT2D eigenvalue weighted by atomic mass is 16.1. The summed E-state index contributed by atoms with van der Waals surface area (Å²) in [5, 5.41) is 6.11. The first-order valence-corrected chi connectivity index (χ1v) is 7.47. The van der Waals surface area contributed by atoms with Gasteiger partial charge in [-0.25, -0.2) is 0 Å². The molecule has 0 spiro atoms. The molecule has 0 unspecified atom stereocenters. The van der Waals surface area contributed by atoms with Crippen LogP contribution < -0.4 is 15.5 Å². The fourth-order valence-corrected chi connectivity index (χ4v) is 2.68. The highest BCUT2D eigenvalue weighted by molar-refractivity contribution is 5.95. The van der Waals surface area contributed by atoms with Gasteiger partial charge in [0.15, 0.2) is 0 Å². The molecular weight excluding hydrogens is 264 g/mol. The van der Waals surface area contributed by atoms with Gasteiger partial charge in [-0.1, -0.05) is 0 Å². The Hall–Kier alpha value is -1.85.